The van der Waals surface area contributed by atoms with Crippen LogP contribution in [0, 0.1) is 69.0 Å². The summed E-state index contributed by atoms with van der Waals surface area (Å²) in [5.74, 6) is 5.91. The second kappa shape index (κ2) is 16.3. The second-order valence-corrected chi connectivity index (χ2v) is 20.8. The average Bonchev–Trinajstić information content (AvgIpc) is 3.66. The number of carbonyl (C=O) groups excluding carboxylic acids is 4. The molecule has 0 aromatic carbocycles. The minimum Gasteiger partial charge on any atom is -0.432 e. The number of aliphatic hydroxyl groups is 1. The molecule has 7 nitrogen and oxygen atoms in total. The van der Waals surface area contributed by atoms with Gasteiger partial charge in [-0.05, 0) is 185 Å². The predicted octanol–water partition coefficient (Wildman–Crippen LogP) is 11.0. The van der Waals surface area contributed by atoms with Gasteiger partial charge >= 0.3 is 17.9 Å². The monoisotopic (exact) mass is 775 g/mol. The van der Waals surface area contributed by atoms with Crippen molar-refractivity contribution < 1.29 is 33.8 Å². The van der Waals surface area contributed by atoms with E-state index in [2.05, 4.69) is 51.5 Å². The van der Waals surface area contributed by atoms with Crippen molar-refractivity contribution in [3.05, 3.63) is 34.6 Å². The van der Waals surface area contributed by atoms with Gasteiger partial charge in [0, 0.05) is 26.7 Å². The number of ether oxygens (including phenoxy) is 2. The molecule has 0 amide bonds. The third-order valence-corrected chi connectivity index (χ3v) is 17.7. The van der Waals surface area contributed by atoms with E-state index in [1.54, 1.807) is 11.1 Å². The van der Waals surface area contributed by atoms with E-state index in [4.69, 9.17) is 4.74 Å². The molecule has 6 saturated carbocycles. The summed E-state index contributed by atoms with van der Waals surface area (Å²) in [7, 11) is 0. The maximum atomic E-state index is 12.2. The van der Waals surface area contributed by atoms with E-state index in [-0.39, 0.29) is 22.9 Å². The normalized spacial score (nSPS) is 44.0. The van der Waals surface area contributed by atoms with Crippen LogP contribution in [-0.2, 0) is 28.7 Å². The van der Waals surface area contributed by atoms with Crippen LogP contribution in [0.1, 0.15) is 172 Å². The van der Waals surface area contributed by atoms with Crippen molar-refractivity contribution in [2.24, 2.45) is 69.0 Å². The number of rotatable bonds is 2. The highest BCUT2D eigenvalue weighted by molar-refractivity contribution is 5.82. The van der Waals surface area contributed by atoms with Crippen LogP contribution in [0.4, 0.5) is 0 Å². The van der Waals surface area contributed by atoms with Crippen LogP contribution in [0.3, 0.4) is 0 Å². The number of esters is 3. The third kappa shape index (κ3) is 7.82. The van der Waals surface area contributed by atoms with Gasteiger partial charge < -0.3 is 14.6 Å². The topological polar surface area (TPSA) is 107 Å². The lowest BCUT2D eigenvalue weighted by Gasteiger charge is -2.57. The molecule has 6 unspecified atom stereocenters. The molecule has 0 spiro atoms. The Kier molecular flexibility index (Phi) is 12.5. The first kappa shape index (κ1) is 43.0. The Morgan fingerprint density at radius 1 is 0.607 bits per heavy atom. The second-order valence-electron chi connectivity index (χ2n) is 20.8. The van der Waals surface area contributed by atoms with Crippen molar-refractivity contribution in [2.75, 3.05) is 0 Å². The lowest BCUT2D eigenvalue weighted by molar-refractivity contribution is -0.156. The van der Waals surface area contributed by atoms with Crippen molar-refractivity contribution in [1.29, 1.82) is 0 Å². The van der Waals surface area contributed by atoms with E-state index in [0.717, 1.165) is 79.3 Å². The molecule has 6 fully saturated rings. The molecule has 0 radical (unpaired) electrons. The number of allylic oxidation sites excluding steroid dienone is 5. The maximum absolute atomic E-state index is 12.2. The zero-order valence-corrected chi connectivity index (χ0v) is 36.6. The highest BCUT2D eigenvalue weighted by Crippen LogP contribution is 2.68. The summed E-state index contributed by atoms with van der Waals surface area (Å²) in [6.45, 7) is 20.1. The van der Waals surface area contributed by atoms with Gasteiger partial charge in [0.05, 0.1) is 6.10 Å². The van der Waals surface area contributed by atoms with Crippen LogP contribution in [0.15, 0.2) is 34.6 Å². The first-order valence-electron chi connectivity index (χ1n) is 22.4. The molecule has 13 atom stereocenters. The molecule has 8 aliphatic carbocycles. The van der Waals surface area contributed by atoms with Gasteiger partial charge in [-0.1, -0.05) is 57.9 Å². The molecule has 8 aliphatic rings. The first-order valence-corrected chi connectivity index (χ1v) is 22.4. The molecule has 312 valence electrons. The number of hydrogen-bond donors (Lipinski definition) is 1. The summed E-state index contributed by atoms with van der Waals surface area (Å²) in [4.78, 5) is 43.2. The zero-order chi connectivity index (χ0) is 41.0. The fourth-order valence-electron chi connectivity index (χ4n) is 15.0. The summed E-state index contributed by atoms with van der Waals surface area (Å²) in [6, 6.07) is 0. The molecule has 56 heavy (non-hydrogen) atoms. The van der Waals surface area contributed by atoms with Crippen LogP contribution in [-0.4, -0.2) is 34.9 Å². The molecule has 0 aromatic rings. The van der Waals surface area contributed by atoms with Crippen LogP contribution < -0.4 is 0 Å². The van der Waals surface area contributed by atoms with Gasteiger partial charge in [-0.25, -0.2) is 0 Å². The maximum Gasteiger partial charge on any atom is 0.310 e. The van der Waals surface area contributed by atoms with Gasteiger partial charge in [-0.15, -0.1) is 0 Å². The van der Waals surface area contributed by atoms with Gasteiger partial charge in [0.2, 0.25) is 0 Å². The fourth-order valence-corrected chi connectivity index (χ4v) is 15.0. The summed E-state index contributed by atoms with van der Waals surface area (Å²) in [6.07, 6.45) is 24.5. The molecule has 0 heterocycles. The Bertz CT molecular complexity index is 1640. The molecule has 7 heteroatoms. The van der Waals surface area contributed by atoms with Crippen LogP contribution in [0.25, 0.3) is 0 Å². The largest absolute Gasteiger partial charge is 0.432 e. The van der Waals surface area contributed by atoms with Gasteiger partial charge in [0.25, 0.3) is 0 Å². The number of fused-ring (bicyclic) bond motifs is 10. The van der Waals surface area contributed by atoms with E-state index in [0.29, 0.717) is 22.5 Å². The van der Waals surface area contributed by atoms with Crippen molar-refractivity contribution in [1.82, 2.24) is 0 Å². The number of ketones is 1. The standard InChI is InChI=1S/C24H36O2.C21H32O2.C4H6O3/c1-15-10-12-23(4)18(14-15)6-7-19-21-9-8-20(16(2)26-17(3)25)24(21,5)13-11-22(19)23;1-13(22)17-6-7-18-16-5-4-14-12-15(23)8-10-20(14,2)19(16)9-11-21(17,18)3;1-3(5)7-4(2)6/h6,15,19,21-22H,7-14H2,1-5H3;4,15-19,23H,5-12H2,1-3H3;1-2H3/b20-16+;;/t15-,19?,21?,22?,23-,24+;15-,16?,17+,18?,19?,20-,21+;/m00./s1. The lowest BCUT2D eigenvalue weighted by atomic mass is 9.47. The molecular weight excluding hydrogens is 701 g/mol. The van der Waals surface area contributed by atoms with E-state index >= 15 is 0 Å². The summed E-state index contributed by atoms with van der Waals surface area (Å²) < 4.78 is 9.50. The lowest BCUT2D eigenvalue weighted by Crippen LogP contribution is -2.50. The molecule has 0 saturated heterocycles. The van der Waals surface area contributed by atoms with Crippen molar-refractivity contribution in [3.8, 4) is 0 Å². The summed E-state index contributed by atoms with van der Waals surface area (Å²) >= 11 is 0. The van der Waals surface area contributed by atoms with E-state index in [1.165, 1.54) is 97.0 Å². The van der Waals surface area contributed by atoms with Crippen LogP contribution in [0.2, 0.25) is 0 Å². The van der Waals surface area contributed by atoms with E-state index < -0.39 is 11.9 Å². The average molecular weight is 775 g/mol. The third-order valence-electron chi connectivity index (χ3n) is 17.7. The Balaban J connectivity index is 0.000000164. The van der Waals surface area contributed by atoms with Gasteiger partial charge in [-0.3, -0.25) is 19.2 Å². The van der Waals surface area contributed by atoms with Crippen LogP contribution >= 0.6 is 0 Å². The molecule has 0 aliphatic heterocycles. The Morgan fingerprint density at radius 2 is 1.12 bits per heavy atom. The molecule has 0 bridgehead atoms. The van der Waals surface area contributed by atoms with Gasteiger partial charge in [0.1, 0.15) is 11.5 Å². The Hall–Kier alpha value is -2.54. The highest BCUT2D eigenvalue weighted by atomic mass is 16.6. The van der Waals surface area contributed by atoms with E-state index in [9.17, 15) is 24.3 Å². The van der Waals surface area contributed by atoms with Crippen molar-refractivity contribution in [2.45, 2.75) is 178 Å². The molecule has 1 N–H and O–H groups in total. The number of hydrogen-bond acceptors (Lipinski definition) is 7. The molecular formula is C49H74O7. The first-order chi connectivity index (χ1) is 26.2. The number of aliphatic hydroxyl groups excluding tert-OH is 1. The summed E-state index contributed by atoms with van der Waals surface area (Å²) in [5.41, 5.74) is 6.03. The van der Waals surface area contributed by atoms with Gasteiger partial charge in [0.15, 0.2) is 0 Å². The SMILES string of the molecule is CC(=O)O/C(C)=C1\CCC2C3CC=C4C[C@@H](C)CC[C@]4(C)C3CC[C@]12C.CC(=O)OC(C)=O.CC(=O)[C@H]1CCC2C3CC=C4C[C@@H](O)CC[C@]4(C)C3CC[C@@]21C. The quantitative estimate of drug-likeness (QED) is 0.129. The smallest absolute Gasteiger partial charge is 0.310 e. The zero-order valence-electron chi connectivity index (χ0n) is 36.6. The van der Waals surface area contributed by atoms with Crippen LogP contribution in [0.5, 0.6) is 0 Å². The van der Waals surface area contributed by atoms with Crippen molar-refractivity contribution >= 4 is 23.7 Å². The fraction of sp³-hybridized carbons (Fsp3) is 0.796. The predicted molar refractivity (Wildman–Crippen MR) is 220 cm³/mol. The van der Waals surface area contributed by atoms with Gasteiger partial charge in [-0.2, -0.15) is 0 Å². The number of carbonyl (C=O) groups is 4. The Morgan fingerprint density at radius 3 is 1.70 bits per heavy atom. The van der Waals surface area contributed by atoms with E-state index in [1.807, 2.05) is 13.8 Å². The highest BCUT2D eigenvalue weighted by Gasteiger charge is 2.60. The Labute approximate surface area is 338 Å². The summed E-state index contributed by atoms with van der Waals surface area (Å²) in [5, 5.41) is 10.1. The number of Topliss-reactive ketones (excluding diaryl/α,β-unsaturated/α-hetero) is 1. The minimum atomic E-state index is -0.562. The molecule has 0 aromatic heterocycles. The van der Waals surface area contributed by atoms with Crippen molar-refractivity contribution in [3.63, 3.8) is 0 Å². The molecule has 8 rings (SSSR count). The minimum absolute atomic E-state index is 0.117.